The lowest BCUT2D eigenvalue weighted by molar-refractivity contribution is -0.660. The summed E-state index contributed by atoms with van der Waals surface area (Å²) >= 11 is 0. The van der Waals surface area contributed by atoms with E-state index in [4.69, 9.17) is 0 Å². The van der Waals surface area contributed by atoms with Crippen molar-refractivity contribution in [2.75, 3.05) is 0 Å². The quantitative estimate of drug-likeness (QED) is 0.561. The van der Waals surface area contributed by atoms with Crippen LogP contribution in [0.3, 0.4) is 0 Å². The Labute approximate surface area is 101 Å². The van der Waals surface area contributed by atoms with Crippen molar-refractivity contribution < 1.29 is 4.57 Å². The van der Waals surface area contributed by atoms with Crippen molar-refractivity contribution in [1.29, 1.82) is 0 Å². The van der Waals surface area contributed by atoms with Gasteiger partial charge in [-0.3, -0.25) is 0 Å². The predicted molar refractivity (Wildman–Crippen MR) is 68.7 cm³/mol. The van der Waals surface area contributed by atoms with Gasteiger partial charge in [0.2, 0.25) is 5.69 Å². The molecule has 0 amide bonds. The third-order valence-electron chi connectivity index (χ3n) is 3.19. The number of nitrogens with zero attached hydrogens (tertiary/aromatic N) is 2. The van der Waals surface area contributed by atoms with E-state index in [1.54, 1.807) is 0 Å². The molecule has 0 radical (unpaired) electrons. The van der Waals surface area contributed by atoms with Gasteiger partial charge in [0.1, 0.15) is 12.7 Å². The Morgan fingerprint density at radius 1 is 0.941 bits per heavy atom. The molecule has 0 aromatic carbocycles. The van der Waals surface area contributed by atoms with Gasteiger partial charge in [-0.2, -0.15) is 4.57 Å². The van der Waals surface area contributed by atoms with Crippen molar-refractivity contribution in [1.82, 2.24) is 4.40 Å². The Hall–Kier alpha value is -2.09. The average Bonchev–Trinajstić information content (AvgIpc) is 2.72. The van der Waals surface area contributed by atoms with Crippen LogP contribution in [-0.4, -0.2) is 4.40 Å². The van der Waals surface area contributed by atoms with Gasteiger partial charge < -0.3 is 4.40 Å². The molecule has 0 spiro atoms. The summed E-state index contributed by atoms with van der Waals surface area (Å²) in [4.78, 5) is 0. The van der Waals surface area contributed by atoms with E-state index in [1.165, 1.54) is 22.6 Å². The number of hydrogen-bond donors (Lipinski definition) is 0. The second kappa shape index (κ2) is 3.74. The Bertz CT molecular complexity index is 680. The van der Waals surface area contributed by atoms with E-state index in [0.29, 0.717) is 0 Å². The van der Waals surface area contributed by atoms with Crippen molar-refractivity contribution >= 4 is 5.52 Å². The fourth-order valence-electron chi connectivity index (χ4n) is 2.32. The zero-order valence-corrected chi connectivity index (χ0v) is 10.1. The third kappa shape index (κ3) is 1.53. The van der Waals surface area contributed by atoms with Crippen LogP contribution in [0.25, 0.3) is 16.9 Å². The molecule has 3 rings (SSSR count). The number of aromatic nitrogens is 2. The van der Waals surface area contributed by atoms with E-state index < -0.39 is 0 Å². The highest BCUT2D eigenvalue weighted by atomic mass is 15.0. The largest absolute Gasteiger partial charge is 0.309 e. The van der Waals surface area contributed by atoms with Crippen molar-refractivity contribution in [3.8, 4) is 11.4 Å². The highest BCUT2D eigenvalue weighted by Crippen LogP contribution is 2.20. The van der Waals surface area contributed by atoms with Crippen molar-refractivity contribution in [3.05, 3.63) is 60.4 Å². The molecule has 0 aliphatic carbocycles. The first-order valence-corrected chi connectivity index (χ1v) is 5.79. The van der Waals surface area contributed by atoms with Gasteiger partial charge in [0.05, 0.1) is 0 Å². The first kappa shape index (κ1) is 10.1. The van der Waals surface area contributed by atoms with Gasteiger partial charge in [0, 0.05) is 23.3 Å². The molecule has 0 bridgehead atoms. The maximum atomic E-state index is 2.29. The predicted octanol–water partition coefficient (Wildman–Crippen LogP) is 2.74. The smallest absolute Gasteiger partial charge is 0.229 e. The zero-order valence-electron chi connectivity index (χ0n) is 10.1. The van der Waals surface area contributed by atoms with Crippen molar-refractivity contribution in [3.63, 3.8) is 0 Å². The first-order valence-electron chi connectivity index (χ1n) is 5.79. The van der Waals surface area contributed by atoms with Crippen molar-refractivity contribution in [2.45, 2.75) is 6.92 Å². The molecule has 3 heterocycles. The van der Waals surface area contributed by atoms with Crippen LogP contribution < -0.4 is 4.57 Å². The SMILES string of the molecule is Cc1ccc2cccc(-c3cccc[n+]3C)n12. The van der Waals surface area contributed by atoms with Gasteiger partial charge in [0.25, 0.3) is 0 Å². The van der Waals surface area contributed by atoms with E-state index >= 15 is 0 Å². The molecule has 0 fully saturated rings. The lowest BCUT2D eigenvalue weighted by atomic mass is 10.2. The fraction of sp³-hybridized carbons (Fsp3) is 0.133. The monoisotopic (exact) mass is 223 g/mol. The minimum absolute atomic E-state index is 1.22. The topological polar surface area (TPSA) is 8.29 Å². The van der Waals surface area contributed by atoms with Crippen LogP contribution in [0.2, 0.25) is 0 Å². The van der Waals surface area contributed by atoms with Gasteiger partial charge in [-0.15, -0.1) is 0 Å². The molecule has 0 N–H and O–H groups in total. The second-order valence-electron chi connectivity index (χ2n) is 4.34. The van der Waals surface area contributed by atoms with E-state index in [0.717, 1.165) is 0 Å². The lowest BCUT2D eigenvalue weighted by Crippen LogP contribution is -2.30. The molecule has 0 atom stereocenters. The highest BCUT2D eigenvalue weighted by Gasteiger charge is 2.12. The molecule has 2 heteroatoms. The number of pyridine rings is 2. The lowest BCUT2D eigenvalue weighted by Gasteiger charge is -2.06. The Morgan fingerprint density at radius 2 is 1.82 bits per heavy atom. The van der Waals surface area contributed by atoms with Gasteiger partial charge in [-0.05, 0) is 37.3 Å². The molecule has 0 unspecified atom stereocenters. The number of fused-ring (bicyclic) bond motifs is 1. The minimum Gasteiger partial charge on any atom is -0.309 e. The molecular formula is C15H15N2+. The number of aryl methyl sites for hydroxylation is 2. The normalized spacial score (nSPS) is 10.9. The summed E-state index contributed by atoms with van der Waals surface area (Å²) in [5.41, 5.74) is 4.95. The highest BCUT2D eigenvalue weighted by molar-refractivity contribution is 5.61. The fourth-order valence-corrected chi connectivity index (χ4v) is 2.32. The summed E-state index contributed by atoms with van der Waals surface area (Å²) in [7, 11) is 2.08. The van der Waals surface area contributed by atoms with Crippen LogP contribution in [0.4, 0.5) is 0 Å². The summed E-state index contributed by atoms with van der Waals surface area (Å²) in [5, 5.41) is 0. The molecule has 0 saturated carbocycles. The molecule has 17 heavy (non-hydrogen) atoms. The molecule has 84 valence electrons. The summed E-state index contributed by atoms with van der Waals surface area (Å²) in [6, 6.07) is 17.0. The van der Waals surface area contributed by atoms with Crippen LogP contribution in [-0.2, 0) is 7.05 Å². The standard InChI is InChI=1S/C15H15N2/c1-12-9-10-13-6-5-8-15(17(12)13)14-7-3-4-11-16(14)2/h3-11H,1-2H3/q+1. The first-order chi connectivity index (χ1) is 8.27. The van der Waals surface area contributed by atoms with Gasteiger partial charge in [-0.1, -0.05) is 6.07 Å². The summed E-state index contributed by atoms with van der Waals surface area (Å²) in [5.74, 6) is 0. The van der Waals surface area contributed by atoms with E-state index in [9.17, 15) is 0 Å². The zero-order chi connectivity index (χ0) is 11.8. The molecule has 0 saturated heterocycles. The van der Waals surface area contributed by atoms with Crippen LogP contribution in [0.15, 0.2) is 54.7 Å². The van der Waals surface area contributed by atoms with Crippen LogP contribution in [0.5, 0.6) is 0 Å². The van der Waals surface area contributed by atoms with Gasteiger partial charge in [0.15, 0.2) is 6.20 Å². The van der Waals surface area contributed by atoms with Crippen molar-refractivity contribution in [2.24, 2.45) is 7.05 Å². The third-order valence-corrected chi connectivity index (χ3v) is 3.19. The molecule has 0 aliphatic heterocycles. The summed E-state index contributed by atoms with van der Waals surface area (Å²) in [6.45, 7) is 2.14. The molecule has 0 aliphatic rings. The Kier molecular flexibility index (Phi) is 2.22. The maximum absolute atomic E-state index is 2.29. The summed E-state index contributed by atoms with van der Waals surface area (Å²) < 4.78 is 4.43. The van der Waals surface area contributed by atoms with Gasteiger partial charge in [-0.25, -0.2) is 0 Å². The average molecular weight is 223 g/mol. The maximum Gasteiger partial charge on any atom is 0.229 e. The molecular weight excluding hydrogens is 208 g/mol. The van der Waals surface area contributed by atoms with Crippen LogP contribution >= 0.6 is 0 Å². The number of hydrogen-bond acceptors (Lipinski definition) is 0. The minimum atomic E-state index is 1.22. The molecule has 3 aromatic rings. The van der Waals surface area contributed by atoms with E-state index in [1.807, 2.05) is 6.07 Å². The van der Waals surface area contributed by atoms with Gasteiger partial charge >= 0.3 is 0 Å². The van der Waals surface area contributed by atoms with Crippen LogP contribution in [0, 0.1) is 6.92 Å². The van der Waals surface area contributed by atoms with Crippen LogP contribution in [0.1, 0.15) is 5.69 Å². The molecule has 2 nitrogen and oxygen atoms in total. The molecule has 3 aromatic heterocycles. The van der Waals surface area contributed by atoms with E-state index in [-0.39, 0.29) is 0 Å². The van der Waals surface area contributed by atoms with E-state index in [2.05, 4.69) is 71.6 Å². The second-order valence-corrected chi connectivity index (χ2v) is 4.34. The Morgan fingerprint density at radius 3 is 2.65 bits per heavy atom. The number of rotatable bonds is 1. The Balaban J connectivity index is 2.38. The summed E-state index contributed by atoms with van der Waals surface area (Å²) in [6.07, 6.45) is 2.08.